The van der Waals surface area contributed by atoms with Gasteiger partial charge in [-0.15, -0.1) is 0 Å². The van der Waals surface area contributed by atoms with Crippen molar-refractivity contribution >= 4 is 11.6 Å². The molecule has 0 aliphatic heterocycles. The van der Waals surface area contributed by atoms with E-state index in [0.717, 1.165) is 17.9 Å². The van der Waals surface area contributed by atoms with Crippen molar-refractivity contribution in [3.05, 3.63) is 34.3 Å². The predicted octanol–water partition coefficient (Wildman–Crippen LogP) is 7.77. The molecule has 0 saturated carbocycles. The third-order valence-corrected chi connectivity index (χ3v) is 4.62. The molecule has 0 fully saturated rings. The van der Waals surface area contributed by atoms with Crippen molar-refractivity contribution in [3.63, 3.8) is 0 Å². The van der Waals surface area contributed by atoms with Gasteiger partial charge in [0, 0.05) is 5.02 Å². The van der Waals surface area contributed by atoms with Gasteiger partial charge in [0.15, 0.2) is 0 Å². The molecule has 132 valence electrons. The van der Waals surface area contributed by atoms with Crippen LogP contribution in [0.15, 0.2) is 18.2 Å². The van der Waals surface area contributed by atoms with E-state index in [1.54, 1.807) is 0 Å². The monoisotopic (exact) mass is 336 g/mol. The van der Waals surface area contributed by atoms with Crippen LogP contribution >= 0.6 is 11.6 Å². The van der Waals surface area contributed by atoms with Gasteiger partial charge < -0.3 is 0 Å². The Bertz CT molecular complexity index is 490. The first-order chi connectivity index (χ1) is 10.0. The maximum atomic E-state index is 6.50. The molecule has 0 aliphatic rings. The fourth-order valence-corrected chi connectivity index (χ4v) is 4.46. The van der Waals surface area contributed by atoms with Gasteiger partial charge in [-0.3, -0.25) is 0 Å². The van der Waals surface area contributed by atoms with Gasteiger partial charge >= 0.3 is 0 Å². The zero-order valence-electron chi connectivity index (χ0n) is 17.0. The molecule has 0 radical (unpaired) electrons. The highest BCUT2D eigenvalue weighted by molar-refractivity contribution is 6.30. The van der Waals surface area contributed by atoms with Gasteiger partial charge in [0.05, 0.1) is 0 Å². The van der Waals surface area contributed by atoms with Crippen LogP contribution in [0.5, 0.6) is 0 Å². The third-order valence-electron chi connectivity index (χ3n) is 4.41. The zero-order chi connectivity index (χ0) is 18.3. The maximum Gasteiger partial charge on any atom is 0.0411 e. The number of hydrogen-bond donors (Lipinski definition) is 0. The molecule has 1 aromatic rings. The number of hydrogen-bond acceptors (Lipinski definition) is 0. The molecule has 0 bridgehead atoms. The van der Waals surface area contributed by atoms with E-state index in [0.29, 0.717) is 10.8 Å². The molecule has 0 saturated heterocycles. The smallest absolute Gasteiger partial charge is 0.0411 e. The highest BCUT2D eigenvalue weighted by Crippen LogP contribution is 2.41. The number of benzene rings is 1. The van der Waals surface area contributed by atoms with Gasteiger partial charge in [-0.25, -0.2) is 0 Å². The standard InChI is InChI=1S/C22H37Cl/c1-19(2,3)14-21(7,8)16-11-17(13-18(23)12-16)22(9,10)15-20(4,5)6/h11-13H,14-15H2,1-10H3. The van der Waals surface area contributed by atoms with Gasteiger partial charge in [-0.1, -0.05) is 86.9 Å². The van der Waals surface area contributed by atoms with Crippen LogP contribution in [0.1, 0.15) is 93.2 Å². The van der Waals surface area contributed by atoms with Crippen LogP contribution in [0.2, 0.25) is 5.02 Å². The van der Waals surface area contributed by atoms with E-state index in [1.807, 2.05) is 0 Å². The van der Waals surface area contributed by atoms with Crippen molar-refractivity contribution in [2.24, 2.45) is 10.8 Å². The van der Waals surface area contributed by atoms with Crippen LogP contribution in [0, 0.1) is 10.8 Å². The predicted molar refractivity (Wildman–Crippen MR) is 106 cm³/mol. The van der Waals surface area contributed by atoms with Crippen LogP contribution < -0.4 is 0 Å². The van der Waals surface area contributed by atoms with Gasteiger partial charge in [-0.05, 0) is 57.8 Å². The summed E-state index contributed by atoms with van der Waals surface area (Å²) in [6.45, 7) is 23.2. The first-order valence-corrected chi connectivity index (χ1v) is 9.21. The second kappa shape index (κ2) is 6.43. The summed E-state index contributed by atoms with van der Waals surface area (Å²) >= 11 is 6.50. The molecule has 1 aromatic carbocycles. The third kappa shape index (κ3) is 6.49. The van der Waals surface area contributed by atoms with Gasteiger partial charge in [-0.2, -0.15) is 0 Å². The van der Waals surface area contributed by atoms with E-state index in [-0.39, 0.29) is 10.8 Å². The van der Waals surface area contributed by atoms with Crippen molar-refractivity contribution in [1.82, 2.24) is 0 Å². The lowest BCUT2D eigenvalue weighted by molar-refractivity contribution is 0.278. The van der Waals surface area contributed by atoms with Crippen LogP contribution in [0.3, 0.4) is 0 Å². The largest absolute Gasteiger partial charge is 0.0843 e. The summed E-state index contributed by atoms with van der Waals surface area (Å²) in [7, 11) is 0. The minimum Gasteiger partial charge on any atom is -0.0843 e. The Morgan fingerprint density at radius 2 is 0.913 bits per heavy atom. The SMILES string of the molecule is CC(C)(C)CC(C)(C)c1cc(Cl)cc(C(C)(C)CC(C)(C)C)c1. The van der Waals surface area contributed by atoms with E-state index in [4.69, 9.17) is 11.6 Å². The summed E-state index contributed by atoms with van der Waals surface area (Å²) in [5.41, 5.74) is 3.56. The van der Waals surface area contributed by atoms with E-state index in [1.165, 1.54) is 11.1 Å². The Kier molecular flexibility index (Phi) is 5.75. The fourth-order valence-electron chi connectivity index (χ4n) is 4.23. The Balaban J connectivity index is 3.28. The lowest BCUT2D eigenvalue weighted by Gasteiger charge is -2.36. The molecular formula is C22H37Cl. The summed E-state index contributed by atoms with van der Waals surface area (Å²) < 4.78 is 0. The quantitative estimate of drug-likeness (QED) is 0.526. The van der Waals surface area contributed by atoms with Gasteiger partial charge in [0.2, 0.25) is 0 Å². The van der Waals surface area contributed by atoms with Gasteiger partial charge in [0.25, 0.3) is 0 Å². The molecule has 0 spiro atoms. The zero-order valence-corrected chi connectivity index (χ0v) is 17.8. The van der Waals surface area contributed by atoms with Crippen LogP contribution in [0.25, 0.3) is 0 Å². The molecule has 0 unspecified atom stereocenters. The molecule has 0 aliphatic carbocycles. The summed E-state index contributed by atoms with van der Waals surface area (Å²) in [6.07, 6.45) is 2.28. The van der Waals surface area contributed by atoms with Crippen molar-refractivity contribution in [1.29, 1.82) is 0 Å². The summed E-state index contributed by atoms with van der Waals surface area (Å²) in [6, 6.07) is 6.71. The van der Waals surface area contributed by atoms with E-state index in [2.05, 4.69) is 87.4 Å². The molecule has 0 amide bonds. The molecule has 0 atom stereocenters. The minimum atomic E-state index is 0.121. The Hall–Kier alpha value is -0.490. The second-order valence-corrected chi connectivity index (χ2v) is 11.4. The highest BCUT2D eigenvalue weighted by atomic mass is 35.5. The first kappa shape index (κ1) is 20.6. The molecule has 0 N–H and O–H groups in total. The Morgan fingerprint density at radius 1 is 0.609 bits per heavy atom. The van der Waals surface area contributed by atoms with Crippen LogP contribution in [0.4, 0.5) is 0 Å². The maximum absolute atomic E-state index is 6.50. The summed E-state index contributed by atoms with van der Waals surface area (Å²) in [5.74, 6) is 0. The second-order valence-electron chi connectivity index (χ2n) is 11.0. The van der Waals surface area contributed by atoms with E-state index < -0.39 is 0 Å². The molecular weight excluding hydrogens is 300 g/mol. The average Bonchev–Trinajstić information content (AvgIpc) is 2.21. The van der Waals surface area contributed by atoms with Crippen molar-refractivity contribution in [2.45, 2.75) is 92.9 Å². The normalized spacial score (nSPS) is 14.2. The highest BCUT2D eigenvalue weighted by Gasteiger charge is 2.31. The van der Waals surface area contributed by atoms with E-state index in [9.17, 15) is 0 Å². The fraction of sp³-hybridized carbons (Fsp3) is 0.727. The Labute approximate surface area is 150 Å². The molecule has 0 aromatic heterocycles. The minimum absolute atomic E-state index is 0.121. The summed E-state index contributed by atoms with van der Waals surface area (Å²) in [4.78, 5) is 0. The lowest BCUT2D eigenvalue weighted by Crippen LogP contribution is -2.27. The number of rotatable bonds is 4. The van der Waals surface area contributed by atoms with Crippen LogP contribution in [-0.2, 0) is 10.8 Å². The topological polar surface area (TPSA) is 0 Å². The van der Waals surface area contributed by atoms with Crippen molar-refractivity contribution in [2.75, 3.05) is 0 Å². The Morgan fingerprint density at radius 3 is 1.17 bits per heavy atom. The van der Waals surface area contributed by atoms with Gasteiger partial charge in [0.1, 0.15) is 0 Å². The van der Waals surface area contributed by atoms with Crippen molar-refractivity contribution < 1.29 is 0 Å². The van der Waals surface area contributed by atoms with Crippen molar-refractivity contribution in [3.8, 4) is 0 Å². The summed E-state index contributed by atoms with van der Waals surface area (Å²) in [5, 5.41) is 0.862. The lowest BCUT2D eigenvalue weighted by atomic mass is 9.69. The first-order valence-electron chi connectivity index (χ1n) is 8.84. The molecule has 23 heavy (non-hydrogen) atoms. The molecule has 0 nitrogen and oxygen atoms in total. The molecule has 1 rings (SSSR count). The van der Waals surface area contributed by atoms with Crippen LogP contribution in [-0.4, -0.2) is 0 Å². The molecule has 1 heteroatoms. The van der Waals surface area contributed by atoms with E-state index >= 15 is 0 Å². The molecule has 0 heterocycles. The number of halogens is 1. The average molecular weight is 337 g/mol.